The van der Waals surface area contributed by atoms with Gasteiger partial charge in [-0.2, -0.15) is 15.3 Å². The molecule has 2 aromatic heterocycles. The van der Waals surface area contributed by atoms with E-state index in [9.17, 15) is 10.1 Å². The number of aromatic nitrogens is 4. The minimum atomic E-state index is -0.568. The minimum Gasteiger partial charge on any atom is -0.365 e. The summed E-state index contributed by atoms with van der Waals surface area (Å²) in [5.41, 5.74) is 7.37. The molecular formula is C20H21N7O2. The van der Waals surface area contributed by atoms with Crippen molar-refractivity contribution in [1.82, 2.24) is 19.9 Å². The Kier molecular flexibility index (Phi) is 4.99. The molecule has 9 heteroatoms. The Morgan fingerprint density at radius 2 is 2.07 bits per heavy atom. The van der Waals surface area contributed by atoms with Gasteiger partial charge in [0.25, 0.3) is 11.8 Å². The lowest BCUT2D eigenvalue weighted by Crippen LogP contribution is -2.22. The average molecular weight is 391 g/mol. The third-order valence-electron chi connectivity index (χ3n) is 5.15. The van der Waals surface area contributed by atoms with E-state index in [1.165, 1.54) is 0 Å². The highest BCUT2D eigenvalue weighted by Gasteiger charge is 2.28. The zero-order valence-electron chi connectivity index (χ0n) is 16.0. The van der Waals surface area contributed by atoms with Gasteiger partial charge in [-0.1, -0.05) is 18.0 Å². The van der Waals surface area contributed by atoms with Gasteiger partial charge in [0, 0.05) is 17.4 Å². The monoisotopic (exact) mass is 391 g/mol. The number of nitriles is 1. The molecule has 1 amide bonds. The topological polar surface area (TPSA) is 136 Å². The Balaban J connectivity index is 1.58. The van der Waals surface area contributed by atoms with Gasteiger partial charge in [-0.25, -0.2) is 0 Å². The summed E-state index contributed by atoms with van der Waals surface area (Å²) in [5, 5.41) is 20.9. The van der Waals surface area contributed by atoms with Gasteiger partial charge >= 0.3 is 0 Å². The number of benzene rings is 1. The number of rotatable bonds is 5. The van der Waals surface area contributed by atoms with E-state index in [1.807, 2.05) is 24.3 Å². The van der Waals surface area contributed by atoms with Crippen LogP contribution in [0.2, 0.25) is 0 Å². The smallest absolute Gasteiger partial charge is 0.257 e. The highest BCUT2D eigenvalue weighted by atomic mass is 16.5. The molecule has 0 spiro atoms. The van der Waals surface area contributed by atoms with Gasteiger partial charge in [-0.3, -0.25) is 9.48 Å². The standard InChI is InChI=1S/C20H21N7O2/c1-12-23-20(29-26-12)13-6-8-15(9-7-13)24-19-16(18(22)28)11-27(25-19)17-5-3-2-4-14(17)10-21/h6-9,11,14,17H,2-5H2,1H3,(H2,22,28)(H,24,25)/t14?,17-/m0/s1. The minimum absolute atomic E-state index is 0.0504. The number of anilines is 2. The highest BCUT2D eigenvalue weighted by Crippen LogP contribution is 2.34. The number of nitrogens with zero attached hydrogens (tertiary/aromatic N) is 5. The first kappa shape index (κ1) is 18.7. The fraction of sp³-hybridized carbons (Fsp3) is 0.350. The van der Waals surface area contributed by atoms with Crippen molar-refractivity contribution in [3.63, 3.8) is 0 Å². The normalized spacial score (nSPS) is 18.9. The van der Waals surface area contributed by atoms with Gasteiger partial charge in [0.1, 0.15) is 5.56 Å². The van der Waals surface area contributed by atoms with Crippen LogP contribution in [0.5, 0.6) is 0 Å². The molecule has 1 aromatic carbocycles. The number of primary amides is 1. The third-order valence-corrected chi connectivity index (χ3v) is 5.15. The predicted octanol–water partition coefficient (Wildman–Crippen LogP) is 3.34. The average Bonchev–Trinajstić information content (AvgIpc) is 3.35. The molecule has 4 rings (SSSR count). The molecule has 0 saturated heterocycles. The molecule has 2 heterocycles. The van der Waals surface area contributed by atoms with Crippen LogP contribution in [0.15, 0.2) is 35.0 Å². The molecule has 29 heavy (non-hydrogen) atoms. The first-order chi connectivity index (χ1) is 14.0. The van der Waals surface area contributed by atoms with Crippen molar-refractivity contribution in [2.45, 2.75) is 38.6 Å². The maximum Gasteiger partial charge on any atom is 0.257 e. The Morgan fingerprint density at radius 3 is 2.72 bits per heavy atom. The van der Waals surface area contributed by atoms with Crippen LogP contribution < -0.4 is 11.1 Å². The fourth-order valence-corrected chi connectivity index (χ4v) is 3.66. The Labute approximate surface area is 167 Å². The second-order valence-electron chi connectivity index (χ2n) is 7.17. The van der Waals surface area contributed by atoms with E-state index in [1.54, 1.807) is 17.8 Å². The molecule has 9 nitrogen and oxygen atoms in total. The van der Waals surface area contributed by atoms with Crippen molar-refractivity contribution in [2.24, 2.45) is 11.7 Å². The summed E-state index contributed by atoms with van der Waals surface area (Å²) in [6.45, 7) is 1.76. The molecular weight excluding hydrogens is 370 g/mol. The Hall–Kier alpha value is -3.67. The lowest BCUT2D eigenvalue weighted by atomic mass is 9.85. The van der Waals surface area contributed by atoms with Crippen molar-refractivity contribution in [1.29, 1.82) is 5.26 Å². The maximum atomic E-state index is 11.9. The summed E-state index contributed by atoms with van der Waals surface area (Å²) in [5.74, 6) is 0.699. The first-order valence-corrected chi connectivity index (χ1v) is 9.51. The van der Waals surface area contributed by atoms with E-state index in [2.05, 4.69) is 26.6 Å². The van der Waals surface area contributed by atoms with E-state index < -0.39 is 5.91 Å². The summed E-state index contributed by atoms with van der Waals surface area (Å²) in [7, 11) is 0. The van der Waals surface area contributed by atoms with Crippen LogP contribution in [-0.4, -0.2) is 25.8 Å². The molecule has 3 aromatic rings. The third kappa shape index (κ3) is 3.82. The number of hydrogen-bond donors (Lipinski definition) is 2. The van der Waals surface area contributed by atoms with Crippen LogP contribution >= 0.6 is 0 Å². The number of aryl methyl sites for hydroxylation is 1. The second-order valence-corrected chi connectivity index (χ2v) is 7.17. The first-order valence-electron chi connectivity index (χ1n) is 9.51. The second kappa shape index (κ2) is 7.75. The SMILES string of the molecule is Cc1noc(-c2ccc(Nc3nn([C@H]4CCCCC4C#N)cc3C(N)=O)cc2)n1. The van der Waals surface area contributed by atoms with Crippen LogP contribution in [0.25, 0.3) is 11.5 Å². The van der Waals surface area contributed by atoms with E-state index in [0.29, 0.717) is 23.1 Å². The van der Waals surface area contributed by atoms with Crippen LogP contribution in [0.3, 0.4) is 0 Å². The lowest BCUT2D eigenvalue weighted by Gasteiger charge is -2.26. The summed E-state index contributed by atoms with van der Waals surface area (Å²) < 4.78 is 6.88. The van der Waals surface area contributed by atoms with Gasteiger partial charge < -0.3 is 15.6 Å². The molecule has 148 valence electrons. The number of nitrogens with one attached hydrogen (secondary N) is 1. The molecule has 1 aliphatic carbocycles. The van der Waals surface area contributed by atoms with Gasteiger partial charge in [0.05, 0.1) is 18.0 Å². The van der Waals surface area contributed by atoms with Gasteiger partial charge in [-0.15, -0.1) is 0 Å². The van der Waals surface area contributed by atoms with E-state index in [-0.39, 0.29) is 12.0 Å². The molecule has 3 N–H and O–H groups in total. The molecule has 2 atom stereocenters. The summed E-state index contributed by atoms with van der Waals surface area (Å²) >= 11 is 0. The fourth-order valence-electron chi connectivity index (χ4n) is 3.66. The maximum absolute atomic E-state index is 11.9. The Bertz CT molecular complexity index is 1060. The number of carbonyl (C=O) groups is 1. The Morgan fingerprint density at radius 1 is 1.31 bits per heavy atom. The molecule has 1 aliphatic rings. The zero-order valence-corrected chi connectivity index (χ0v) is 16.0. The summed E-state index contributed by atoms with van der Waals surface area (Å²) in [4.78, 5) is 16.1. The van der Waals surface area contributed by atoms with Crippen LogP contribution in [0.1, 0.15) is 47.9 Å². The summed E-state index contributed by atoms with van der Waals surface area (Å²) in [6, 6.07) is 9.65. The van der Waals surface area contributed by atoms with Crippen molar-refractivity contribution >= 4 is 17.4 Å². The van der Waals surface area contributed by atoms with Crippen molar-refractivity contribution in [3.8, 4) is 17.5 Å². The molecule has 0 radical (unpaired) electrons. The van der Waals surface area contributed by atoms with Gasteiger partial charge in [-0.05, 0) is 44.0 Å². The van der Waals surface area contributed by atoms with Crippen molar-refractivity contribution in [2.75, 3.05) is 5.32 Å². The predicted molar refractivity (Wildman–Crippen MR) is 105 cm³/mol. The molecule has 1 fully saturated rings. The number of hydrogen-bond acceptors (Lipinski definition) is 7. The quantitative estimate of drug-likeness (QED) is 0.680. The van der Waals surface area contributed by atoms with Crippen molar-refractivity contribution < 1.29 is 9.32 Å². The van der Waals surface area contributed by atoms with E-state index in [0.717, 1.165) is 36.9 Å². The van der Waals surface area contributed by atoms with Gasteiger partial charge in [0.2, 0.25) is 0 Å². The lowest BCUT2D eigenvalue weighted by molar-refractivity contribution is 0.100. The largest absolute Gasteiger partial charge is 0.365 e. The van der Waals surface area contributed by atoms with Gasteiger partial charge in [0.15, 0.2) is 11.6 Å². The highest BCUT2D eigenvalue weighted by molar-refractivity contribution is 5.98. The number of nitrogens with two attached hydrogens (primary N) is 1. The van der Waals surface area contributed by atoms with Crippen LogP contribution in [0.4, 0.5) is 11.5 Å². The van der Waals surface area contributed by atoms with Crippen molar-refractivity contribution in [3.05, 3.63) is 41.9 Å². The molecule has 1 unspecified atom stereocenters. The van der Waals surface area contributed by atoms with E-state index in [4.69, 9.17) is 10.3 Å². The number of carbonyl (C=O) groups excluding carboxylic acids is 1. The number of amides is 1. The van der Waals surface area contributed by atoms with E-state index >= 15 is 0 Å². The molecule has 1 saturated carbocycles. The van der Waals surface area contributed by atoms with Crippen LogP contribution in [-0.2, 0) is 0 Å². The van der Waals surface area contributed by atoms with Crippen LogP contribution in [0, 0.1) is 24.2 Å². The molecule has 0 aliphatic heterocycles. The zero-order chi connectivity index (χ0) is 20.4. The molecule has 0 bridgehead atoms. The summed E-state index contributed by atoms with van der Waals surface area (Å²) in [6.07, 6.45) is 5.41.